The summed E-state index contributed by atoms with van der Waals surface area (Å²) in [4.78, 5) is 17.3. The van der Waals surface area contributed by atoms with Gasteiger partial charge in [0.15, 0.2) is 0 Å². The van der Waals surface area contributed by atoms with Gasteiger partial charge in [0.1, 0.15) is 5.54 Å². The van der Waals surface area contributed by atoms with E-state index in [1.165, 1.54) is 6.42 Å². The van der Waals surface area contributed by atoms with Crippen LogP contribution in [0.4, 0.5) is 0 Å². The monoisotopic (exact) mass is 309 g/mol. The van der Waals surface area contributed by atoms with E-state index in [9.17, 15) is 9.90 Å². The van der Waals surface area contributed by atoms with Crippen molar-refractivity contribution in [2.24, 2.45) is 5.92 Å². The smallest absolute Gasteiger partial charge is 0.241 e. The maximum atomic E-state index is 12.5. The number of carbonyl (C=O) groups is 1. The fourth-order valence-electron chi connectivity index (χ4n) is 4.59. The third-order valence-electron chi connectivity index (χ3n) is 5.83. The van der Waals surface area contributed by atoms with Crippen LogP contribution in [0.2, 0.25) is 0 Å². The molecule has 3 fully saturated rings. The second kappa shape index (κ2) is 6.46. The first-order valence-corrected chi connectivity index (χ1v) is 8.98. The van der Waals surface area contributed by atoms with Gasteiger partial charge in [-0.1, -0.05) is 26.7 Å². The predicted octanol–water partition coefficient (Wildman–Crippen LogP) is 1.17. The number of carbonyl (C=O) groups excluding carboxylic acids is 1. The molecule has 22 heavy (non-hydrogen) atoms. The van der Waals surface area contributed by atoms with Gasteiger partial charge in [-0.3, -0.25) is 14.6 Å². The number of nitrogens with zero attached hydrogens (tertiary/aromatic N) is 2. The van der Waals surface area contributed by atoms with Gasteiger partial charge in [-0.25, -0.2) is 0 Å². The van der Waals surface area contributed by atoms with Crippen LogP contribution in [0.1, 0.15) is 52.4 Å². The Kier molecular flexibility index (Phi) is 4.76. The third-order valence-corrected chi connectivity index (χ3v) is 5.83. The highest BCUT2D eigenvalue weighted by Gasteiger charge is 2.50. The minimum Gasteiger partial charge on any atom is -0.391 e. The Morgan fingerprint density at radius 3 is 2.59 bits per heavy atom. The van der Waals surface area contributed by atoms with E-state index in [-0.39, 0.29) is 17.6 Å². The van der Waals surface area contributed by atoms with Gasteiger partial charge in [-0.05, 0) is 31.6 Å². The molecule has 5 heteroatoms. The van der Waals surface area contributed by atoms with E-state index >= 15 is 0 Å². The minimum absolute atomic E-state index is 0.174. The zero-order valence-corrected chi connectivity index (χ0v) is 14.1. The van der Waals surface area contributed by atoms with Crippen molar-refractivity contribution in [2.45, 2.75) is 70.1 Å². The molecule has 2 atom stereocenters. The summed E-state index contributed by atoms with van der Waals surface area (Å²) >= 11 is 0. The summed E-state index contributed by atoms with van der Waals surface area (Å²) in [5, 5.41) is 13.3. The van der Waals surface area contributed by atoms with Gasteiger partial charge in [0.25, 0.3) is 0 Å². The Labute approximate surface area is 134 Å². The quantitative estimate of drug-likeness (QED) is 0.822. The zero-order chi connectivity index (χ0) is 15.7. The van der Waals surface area contributed by atoms with Crippen LogP contribution in [0.15, 0.2) is 0 Å². The van der Waals surface area contributed by atoms with Crippen LogP contribution in [0, 0.1) is 5.92 Å². The van der Waals surface area contributed by atoms with Crippen LogP contribution in [-0.4, -0.2) is 64.8 Å². The predicted molar refractivity (Wildman–Crippen MR) is 86.4 cm³/mol. The van der Waals surface area contributed by atoms with Gasteiger partial charge in [0.2, 0.25) is 5.91 Å². The second-order valence-electron chi connectivity index (χ2n) is 7.77. The van der Waals surface area contributed by atoms with E-state index in [1.807, 2.05) is 0 Å². The molecule has 0 bridgehead atoms. The first-order chi connectivity index (χ1) is 10.5. The molecule has 2 saturated heterocycles. The Balaban J connectivity index is 1.65. The van der Waals surface area contributed by atoms with Crippen molar-refractivity contribution < 1.29 is 9.90 Å². The largest absolute Gasteiger partial charge is 0.391 e. The lowest BCUT2D eigenvalue weighted by Crippen LogP contribution is -2.59. The van der Waals surface area contributed by atoms with Crippen molar-refractivity contribution >= 4 is 5.91 Å². The number of amides is 1. The van der Waals surface area contributed by atoms with Crippen molar-refractivity contribution in [3.05, 3.63) is 0 Å². The molecule has 0 aromatic rings. The highest BCUT2D eigenvalue weighted by molar-refractivity contribution is 5.88. The van der Waals surface area contributed by atoms with Crippen LogP contribution >= 0.6 is 0 Å². The molecule has 5 nitrogen and oxygen atoms in total. The summed E-state index contributed by atoms with van der Waals surface area (Å²) in [6.07, 6.45) is 6.04. The molecule has 2 N–H and O–H groups in total. The molecule has 0 aromatic carbocycles. The normalized spacial score (nSPS) is 33.5. The number of aliphatic hydroxyl groups excluding tert-OH is 1. The van der Waals surface area contributed by atoms with E-state index in [1.54, 1.807) is 0 Å². The fourth-order valence-corrected chi connectivity index (χ4v) is 4.59. The van der Waals surface area contributed by atoms with E-state index in [0.29, 0.717) is 18.6 Å². The molecule has 126 valence electrons. The van der Waals surface area contributed by atoms with Crippen molar-refractivity contribution in [2.75, 3.05) is 26.3 Å². The maximum Gasteiger partial charge on any atom is 0.241 e. The SMILES string of the molecule is CC(C)CN1CNC(=O)C12CCN(C1CCCCC1O)CC2. The Morgan fingerprint density at radius 2 is 1.95 bits per heavy atom. The van der Waals surface area contributed by atoms with Gasteiger partial charge in [-0.2, -0.15) is 0 Å². The average Bonchev–Trinajstić information content (AvgIpc) is 2.78. The van der Waals surface area contributed by atoms with Crippen LogP contribution in [0.25, 0.3) is 0 Å². The number of rotatable bonds is 3. The van der Waals surface area contributed by atoms with Gasteiger partial charge in [0.05, 0.1) is 12.8 Å². The van der Waals surface area contributed by atoms with E-state index in [2.05, 4.69) is 29.0 Å². The van der Waals surface area contributed by atoms with Crippen LogP contribution < -0.4 is 5.32 Å². The van der Waals surface area contributed by atoms with Crippen molar-refractivity contribution in [3.8, 4) is 0 Å². The first kappa shape index (κ1) is 16.2. The summed E-state index contributed by atoms with van der Waals surface area (Å²) in [5.74, 6) is 0.791. The Bertz CT molecular complexity index is 405. The lowest BCUT2D eigenvalue weighted by molar-refractivity contribution is -0.130. The van der Waals surface area contributed by atoms with Gasteiger partial charge in [0, 0.05) is 25.7 Å². The molecule has 2 unspecified atom stereocenters. The van der Waals surface area contributed by atoms with E-state index < -0.39 is 0 Å². The molecule has 0 radical (unpaired) electrons. The number of aliphatic hydroxyl groups is 1. The molecule has 1 saturated carbocycles. The van der Waals surface area contributed by atoms with Crippen molar-refractivity contribution in [1.29, 1.82) is 0 Å². The van der Waals surface area contributed by atoms with Crippen LogP contribution in [0.5, 0.6) is 0 Å². The molecular weight excluding hydrogens is 278 g/mol. The number of likely N-dealkylation sites (tertiary alicyclic amines) is 1. The highest BCUT2D eigenvalue weighted by atomic mass is 16.3. The molecule has 1 aliphatic carbocycles. The van der Waals surface area contributed by atoms with Crippen LogP contribution in [-0.2, 0) is 4.79 Å². The highest BCUT2D eigenvalue weighted by Crippen LogP contribution is 2.35. The topological polar surface area (TPSA) is 55.8 Å². The van der Waals surface area contributed by atoms with Crippen molar-refractivity contribution in [1.82, 2.24) is 15.1 Å². The minimum atomic E-state index is -0.291. The molecule has 2 aliphatic heterocycles. The van der Waals surface area contributed by atoms with Gasteiger partial charge < -0.3 is 10.4 Å². The summed E-state index contributed by atoms with van der Waals surface area (Å²) in [5.41, 5.74) is -0.291. The molecule has 3 rings (SSSR count). The molecular formula is C17H31N3O2. The lowest BCUT2D eigenvalue weighted by atomic mass is 9.83. The standard InChI is InChI=1S/C17H31N3O2/c1-13(2)11-20-12-18-16(22)17(20)7-9-19(10-8-17)14-5-3-4-6-15(14)21/h13-15,21H,3-12H2,1-2H3,(H,18,22). The van der Waals surface area contributed by atoms with E-state index in [0.717, 1.165) is 51.7 Å². The number of piperidine rings is 1. The summed E-state index contributed by atoms with van der Waals surface area (Å²) in [6, 6.07) is 0.314. The van der Waals surface area contributed by atoms with E-state index in [4.69, 9.17) is 0 Å². The average molecular weight is 309 g/mol. The number of nitrogens with one attached hydrogen (secondary N) is 1. The molecule has 2 heterocycles. The maximum absolute atomic E-state index is 12.5. The molecule has 1 amide bonds. The molecule has 1 spiro atoms. The van der Waals surface area contributed by atoms with Gasteiger partial charge >= 0.3 is 0 Å². The zero-order valence-electron chi connectivity index (χ0n) is 14.1. The Morgan fingerprint density at radius 1 is 1.27 bits per heavy atom. The Hall–Kier alpha value is -0.650. The summed E-state index contributed by atoms with van der Waals surface area (Å²) in [7, 11) is 0. The van der Waals surface area contributed by atoms with Gasteiger partial charge in [-0.15, -0.1) is 0 Å². The third kappa shape index (κ3) is 2.91. The first-order valence-electron chi connectivity index (χ1n) is 8.98. The fraction of sp³-hybridized carbons (Fsp3) is 0.941. The molecule has 3 aliphatic rings. The van der Waals surface area contributed by atoms with Crippen LogP contribution in [0.3, 0.4) is 0 Å². The lowest BCUT2D eigenvalue weighted by Gasteiger charge is -2.47. The molecule has 0 aromatic heterocycles. The summed E-state index contributed by atoms with van der Waals surface area (Å²) in [6.45, 7) is 7.97. The number of hydrogen-bond acceptors (Lipinski definition) is 4. The number of hydrogen-bond donors (Lipinski definition) is 2. The second-order valence-corrected chi connectivity index (χ2v) is 7.77. The van der Waals surface area contributed by atoms with Crippen molar-refractivity contribution in [3.63, 3.8) is 0 Å². The summed E-state index contributed by atoms with van der Waals surface area (Å²) < 4.78 is 0.